The van der Waals surface area contributed by atoms with E-state index in [9.17, 15) is 10.1 Å². The fourth-order valence-electron chi connectivity index (χ4n) is 1.74. The second-order valence-corrected chi connectivity index (χ2v) is 5.01. The topological polar surface area (TPSA) is 67.6 Å². The minimum Gasteiger partial charge on any atom is -0.383 e. The van der Waals surface area contributed by atoms with Crippen LogP contribution in [0.15, 0.2) is 12.1 Å². The molecule has 0 saturated carbocycles. The fraction of sp³-hybridized carbons (Fsp3) is 0.538. The Hall–Kier alpha value is -1.37. The van der Waals surface area contributed by atoms with Gasteiger partial charge in [-0.15, -0.1) is 0 Å². The number of nitrogens with one attached hydrogen (secondary N) is 1. The smallest absolute Gasteiger partial charge is 0.288 e. The Morgan fingerprint density at radius 2 is 2.15 bits per heavy atom. The van der Waals surface area contributed by atoms with Gasteiger partial charge in [0.2, 0.25) is 0 Å². The zero-order valence-corrected chi connectivity index (χ0v) is 12.7. The first-order valence-corrected chi connectivity index (χ1v) is 6.69. The van der Waals surface area contributed by atoms with E-state index in [1.165, 1.54) is 6.07 Å². The van der Waals surface area contributed by atoms with Gasteiger partial charge in [0.05, 0.1) is 11.5 Å². The van der Waals surface area contributed by atoms with Crippen molar-refractivity contribution in [1.82, 2.24) is 4.90 Å². The molecule has 7 heteroatoms. The van der Waals surface area contributed by atoms with E-state index in [-0.39, 0.29) is 10.7 Å². The number of benzene rings is 1. The van der Waals surface area contributed by atoms with Gasteiger partial charge in [0, 0.05) is 38.5 Å². The van der Waals surface area contributed by atoms with Gasteiger partial charge < -0.3 is 15.0 Å². The molecular weight excluding hydrogens is 282 g/mol. The molecule has 0 saturated heterocycles. The number of nitrogens with zero attached hydrogens (tertiary/aromatic N) is 2. The third-order valence-electron chi connectivity index (χ3n) is 2.98. The van der Waals surface area contributed by atoms with Crippen molar-refractivity contribution < 1.29 is 9.66 Å². The van der Waals surface area contributed by atoms with E-state index >= 15 is 0 Å². The third-order valence-corrected chi connectivity index (χ3v) is 3.28. The average Bonchev–Trinajstić information content (AvgIpc) is 2.39. The summed E-state index contributed by atoms with van der Waals surface area (Å²) in [7, 11) is 3.69. The molecule has 0 fully saturated rings. The first-order valence-electron chi connectivity index (χ1n) is 6.31. The van der Waals surface area contributed by atoms with Gasteiger partial charge in [0.25, 0.3) is 5.69 Å². The van der Waals surface area contributed by atoms with Crippen molar-refractivity contribution in [3.63, 3.8) is 0 Å². The van der Waals surface area contributed by atoms with Crippen LogP contribution < -0.4 is 5.32 Å². The molecule has 1 N–H and O–H groups in total. The molecule has 0 aliphatic carbocycles. The molecular formula is C13H20ClN3O3. The Labute approximate surface area is 123 Å². The van der Waals surface area contributed by atoms with E-state index in [1.807, 2.05) is 14.0 Å². The van der Waals surface area contributed by atoms with Crippen LogP contribution in [-0.4, -0.2) is 50.2 Å². The minimum atomic E-state index is -0.475. The van der Waals surface area contributed by atoms with Gasteiger partial charge in [-0.1, -0.05) is 11.6 Å². The van der Waals surface area contributed by atoms with Crippen molar-refractivity contribution in [3.05, 3.63) is 32.8 Å². The lowest BCUT2D eigenvalue weighted by molar-refractivity contribution is -0.384. The Morgan fingerprint density at radius 3 is 2.75 bits per heavy atom. The number of hydrogen-bond donors (Lipinski definition) is 1. The molecule has 0 aromatic heterocycles. The predicted molar refractivity (Wildman–Crippen MR) is 80.7 cm³/mol. The average molecular weight is 302 g/mol. The molecule has 20 heavy (non-hydrogen) atoms. The molecule has 0 bridgehead atoms. The summed E-state index contributed by atoms with van der Waals surface area (Å²) >= 11 is 5.90. The van der Waals surface area contributed by atoms with Crippen LogP contribution in [0.25, 0.3) is 0 Å². The number of ether oxygens (including phenoxy) is 1. The highest BCUT2D eigenvalue weighted by atomic mass is 35.5. The number of nitro benzene ring substituents is 1. The Bertz CT molecular complexity index is 468. The molecule has 0 amide bonds. The first kappa shape index (κ1) is 16.7. The summed E-state index contributed by atoms with van der Waals surface area (Å²) in [4.78, 5) is 12.4. The third kappa shape index (κ3) is 4.96. The van der Waals surface area contributed by atoms with Crippen molar-refractivity contribution in [2.24, 2.45) is 0 Å². The van der Waals surface area contributed by atoms with Gasteiger partial charge in [-0.3, -0.25) is 10.1 Å². The summed E-state index contributed by atoms with van der Waals surface area (Å²) in [6.45, 7) is 4.95. The lowest BCUT2D eigenvalue weighted by atomic mass is 10.2. The highest BCUT2D eigenvalue weighted by Crippen LogP contribution is 2.30. The molecule has 0 atom stereocenters. The van der Waals surface area contributed by atoms with Crippen LogP contribution in [0, 0.1) is 17.0 Å². The standard InChI is InChI=1S/C13H20ClN3O3/c1-10-8-13(17(18)19)11(14)9-12(10)15-4-5-16(2)6-7-20-3/h8-9,15H,4-7H2,1-3H3. The predicted octanol–water partition coefficient (Wildman–Crippen LogP) is 2.55. The zero-order valence-electron chi connectivity index (χ0n) is 12.0. The van der Waals surface area contributed by atoms with Crippen LogP contribution in [0.3, 0.4) is 0 Å². The van der Waals surface area contributed by atoms with E-state index in [4.69, 9.17) is 16.3 Å². The van der Waals surface area contributed by atoms with Gasteiger partial charge in [-0.2, -0.15) is 0 Å². The highest BCUT2D eigenvalue weighted by Gasteiger charge is 2.14. The molecule has 6 nitrogen and oxygen atoms in total. The van der Waals surface area contributed by atoms with Crippen LogP contribution in [0.1, 0.15) is 5.56 Å². The Morgan fingerprint density at radius 1 is 1.45 bits per heavy atom. The monoisotopic (exact) mass is 301 g/mol. The van der Waals surface area contributed by atoms with Crippen LogP contribution in [-0.2, 0) is 4.74 Å². The summed E-state index contributed by atoms with van der Waals surface area (Å²) in [5.41, 5.74) is 1.56. The second-order valence-electron chi connectivity index (χ2n) is 4.60. The number of anilines is 1. The molecule has 112 valence electrons. The van der Waals surface area contributed by atoms with Gasteiger partial charge >= 0.3 is 0 Å². The van der Waals surface area contributed by atoms with Crippen molar-refractivity contribution in [2.45, 2.75) is 6.92 Å². The molecule has 1 aromatic rings. The maximum Gasteiger partial charge on any atom is 0.288 e. The minimum absolute atomic E-state index is 0.0630. The van der Waals surface area contributed by atoms with Crippen molar-refractivity contribution in [2.75, 3.05) is 45.7 Å². The van der Waals surface area contributed by atoms with Gasteiger partial charge in [0.1, 0.15) is 5.02 Å². The van der Waals surface area contributed by atoms with Gasteiger partial charge in [0.15, 0.2) is 0 Å². The van der Waals surface area contributed by atoms with Crippen molar-refractivity contribution >= 4 is 23.0 Å². The molecule has 0 unspecified atom stereocenters. The summed E-state index contributed by atoms with van der Waals surface area (Å²) in [5.74, 6) is 0. The maximum absolute atomic E-state index is 10.8. The lowest BCUT2D eigenvalue weighted by Gasteiger charge is -2.17. The molecule has 0 spiro atoms. The number of hydrogen-bond acceptors (Lipinski definition) is 5. The number of halogens is 1. The van der Waals surface area contributed by atoms with Crippen LogP contribution in [0.2, 0.25) is 5.02 Å². The SMILES string of the molecule is COCCN(C)CCNc1cc(Cl)c([N+](=O)[O-])cc1C. The van der Waals surface area contributed by atoms with E-state index in [0.29, 0.717) is 6.61 Å². The van der Waals surface area contributed by atoms with E-state index in [2.05, 4.69) is 10.2 Å². The number of methoxy groups -OCH3 is 1. The summed E-state index contributed by atoms with van der Waals surface area (Å²) < 4.78 is 5.00. The zero-order chi connectivity index (χ0) is 15.1. The molecule has 0 aliphatic rings. The fourth-order valence-corrected chi connectivity index (χ4v) is 1.97. The number of rotatable bonds is 8. The molecule has 0 aliphatic heterocycles. The van der Waals surface area contributed by atoms with Crippen molar-refractivity contribution in [3.8, 4) is 0 Å². The van der Waals surface area contributed by atoms with Gasteiger partial charge in [-0.25, -0.2) is 0 Å². The normalized spacial score (nSPS) is 10.8. The molecule has 0 radical (unpaired) electrons. The first-order chi connectivity index (χ1) is 9.45. The summed E-state index contributed by atoms with van der Waals surface area (Å²) in [6.07, 6.45) is 0. The molecule has 1 rings (SSSR count). The number of likely N-dealkylation sites (N-methyl/N-ethyl adjacent to an activating group) is 1. The Kier molecular flexibility index (Phi) is 6.70. The maximum atomic E-state index is 10.8. The molecule has 1 aromatic carbocycles. The van der Waals surface area contributed by atoms with E-state index in [0.717, 1.165) is 30.9 Å². The largest absolute Gasteiger partial charge is 0.383 e. The summed E-state index contributed by atoms with van der Waals surface area (Å²) in [5, 5.41) is 14.2. The van der Waals surface area contributed by atoms with Crippen LogP contribution in [0.4, 0.5) is 11.4 Å². The summed E-state index contributed by atoms with van der Waals surface area (Å²) in [6, 6.07) is 3.09. The lowest BCUT2D eigenvalue weighted by Crippen LogP contribution is -2.28. The molecule has 0 heterocycles. The quantitative estimate of drug-likeness (QED) is 0.590. The second kappa shape index (κ2) is 8.04. The van der Waals surface area contributed by atoms with Crippen molar-refractivity contribution in [1.29, 1.82) is 0 Å². The Balaban J connectivity index is 2.56. The van der Waals surface area contributed by atoms with Crippen LogP contribution >= 0.6 is 11.6 Å². The highest BCUT2D eigenvalue weighted by molar-refractivity contribution is 6.33. The van der Waals surface area contributed by atoms with Crippen LogP contribution in [0.5, 0.6) is 0 Å². The van der Waals surface area contributed by atoms with Gasteiger partial charge in [-0.05, 0) is 25.6 Å². The van der Waals surface area contributed by atoms with E-state index in [1.54, 1.807) is 13.2 Å². The number of nitro groups is 1. The number of aryl methyl sites for hydroxylation is 1. The van der Waals surface area contributed by atoms with E-state index < -0.39 is 4.92 Å².